The predicted molar refractivity (Wildman–Crippen MR) is 54.5 cm³/mol. The van der Waals surface area contributed by atoms with E-state index in [-0.39, 0.29) is 6.42 Å². The van der Waals surface area contributed by atoms with Crippen LogP contribution in [0.15, 0.2) is 12.2 Å². The normalized spacial score (nSPS) is 35.1. The van der Waals surface area contributed by atoms with E-state index in [1.54, 1.807) is 19.1 Å². The van der Waals surface area contributed by atoms with E-state index in [2.05, 4.69) is 0 Å². The molecule has 0 unspecified atom stereocenters. The number of hydrogen-bond acceptors (Lipinski definition) is 2. The second-order valence-corrected chi connectivity index (χ2v) is 4.26. The second kappa shape index (κ2) is 3.68. The summed E-state index contributed by atoms with van der Waals surface area (Å²) in [6.45, 7) is 3.25. The summed E-state index contributed by atoms with van der Waals surface area (Å²) in [6, 6.07) is 0. The van der Waals surface area contributed by atoms with Crippen molar-refractivity contribution < 1.29 is 19.8 Å². The number of rotatable bonds is 3. The van der Waals surface area contributed by atoms with E-state index in [0.717, 1.165) is 0 Å². The van der Waals surface area contributed by atoms with Gasteiger partial charge in [0.1, 0.15) is 0 Å². The molecule has 0 fully saturated rings. The fourth-order valence-electron chi connectivity index (χ4n) is 2.33. The molecule has 1 rings (SSSR count). The third-order valence-corrected chi connectivity index (χ3v) is 3.70. The van der Waals surface area contributed by atoms with E-state index < -0.39 is 22.8 Å². The highest BCUT2D eigenvalue weighted by molar-refractivity contribution is 5.87. The van der Waals surface area contributed by atoms with Crippen LogP contribution in [0.25, 0.3) is 0 Å². The molecule has 0 radical (unpaired) electrons. The molecule has 1 aliphatic carbocycles. The zero-order valence-corrected chi connectivity index (χ0v) is 8.99. The summed E-state index contributed by atoms with van der Waals surface area (Å²) in [6.07, 6.45) is 4.42. The Bertz CT molecular complexity index is 321. The monoisotopic (exact) mass is 212 g/mol. The summed E-state index contributed by atoms with van der Waals surface area (Å²) in [5.74, 6) is -2.05. The molecule has 84 valence electrons. The molecule has 0 aromatic heterocycles. The Hall–Kier alpha value is -1.32. The maximum Gasteiger partial charge on any atom is 0.311 e. The van der Waals surface area contributed by atoms with Gasteiger partial charge in [-0.1, -0.05) is 19.1 Å². The van der Waals surface area contributed by atoms with Gasteiger partial charge in [0, 0.05) is 0 Å². The lowest BCUT2D eigenvalue weighted by molar-refractivity contribution is -0.173. The van der Waals surface area contributed by atoms with Gasteiger partial charge < -0.3 is 10.2 Å². The fourth-order valence-corrected chi connectivity index (χ4v) is 2.33. The van der Waals surface area contributed by atoms with Gasteiger partial charge in [-0.25, -0.2) is 0 Å². The Morgan fingerprint density at radius 1 is 1.20 bits per heavy atom. The Morgan fingerprint density at radius 3 is 2.07 bits per heavy atom. The number of allylic oxidation sites excluding steroid dienone is 2. The molecule has 0 aromatic carbocycles. The molecule has 0 amide bonds. The Labute approximate surface area is 88.6 Å². The Kier molecular flexibility index (Phi) is 2.88. The third-order valence-electron chi connectivity index (χ3n) is 3.70. The lowest BCUT2D eigenvalue weighted by Crippen LogP contribution is -2.51. The molecule has 1 aliphatic rings. The third kappa shape index (κ3) is 1.44. The van der Waals surface area contributed by atoms with Crippen molar-refractivity contribution in [3.63, 3.8) is 0 Å². The maximum absolute atomic E-state index is 11.3. The molecule has 0 heterocycles. The van der Waals surface area contributed by atoms with Crippen molar-refractivity contribution in [2.24, 2.45) is 10.8 Å². The van der Waals surface area contributed by atoms with Crippen LogP contribution in [-0.2, 0) is 9.59 Å². The fraction of sp³-hybridized carbons (Fsp3) is 0.636. The lowest BCUT2D eigenvalue weighted by Gasteiger charge is -2.43. The molecular formula is C11H16O4. The molecule has 0 saturated heterocycles. The number of hydrogen-bond donors (Lipinski definition) is 2. The first-order valence-electron chi connectivity index (χ1n) is 5.02. The molecule has 0 aromatic rings. The molecule has 15 heavy (non-hydrogen) atoms. The molecule has 0 aliphatic heterocycles. The van der Waals surface area contributed by atoms with Crippen LogP contribution in [0.2, 0.25) is 0 Å². The Balaban J connectivity index is 3.28. The molecule has 4 heteroatoms. The molecule has 0 saturated carbocycles. The predicted octanol–water partition coefficient (Wildman–Crippen LogP) is 1.91. The second-order valence-electron chi connectivity index (χ2n) is 4.26. The van der Waals surface area contributed by atoms with Gasteiger partial charge in [0.15, 0.2) is 0 Å². The van der Waals surface area contributed by atoms with E-state index >= 15 is 0 Å². The minimum atomic E-state index is -1.21. The van der Waals surface area contributed by atoms with E-state index in [1.807, 2.05) is 0 Å². The molecule has 2 N–H and O–H groups in total. The molecular weight excluding hydrogens is 196 g/mol. The SMILES string of the molecule is CC[C@]1(C(=O)O)CC=CC[C@@]1(C)C(=O)O. The summed E-state index contributed by atoms with van der Waals surface area (Å²) >= 11 is 0. The standard InChI is InChI=1S/C11H16O4/c1-3-11(9(14)15)7-5-4-6-10(11,2)8(12)13/h4-5H,3,6-7H2,1-2H3,(H,12,13)(H,14,15)/t10-,11+/m0/s1. The first kappa shape index (κ1) is 11.8. The van der Waals surface area contributed by atoms with Crippen LogP contribution in [0.5, 0.6) is 0 Å². The summed E-state index contributed by atoms with van der Waals surface area (Å²) in [5.41, 5.74) is -2.38. The van der Waals surface area contributed by atoms with Crippen molar-refractivity contribution in [2.45, 2.75) is 33.1 Å². The van der Waals surface area contributed by atoms with E-state index in [1.165, 1.54) is 6.92 Å². The molecule has 0 bridgehead atoms. The molecule has 2 atom stereocenters. The minimum Gasteiger partial charge on any atom is -0.481 e. The number of carboxylic acids is 2. The zero-order chi connectivity index (χ0) is 11.7. The maximum atomic E-state index is 11.3. The quantitative estimate of drug-likeness (QED) is 0.701. The highest BCUT2D eigenvalue weighted by atomic mass is 16.4. The van der Waals surface area contributed by atoms with Gasteiger partial charge in [-0.3, -0.25) is 9.59 Å². The average Bonchev–Trinajstić information content (AvgIpc) is 2.18. The van der Waals surface area contributed by atoms with Crippen LogP contribution in [0.4, 0.5) is 0 Å². The van der Waals surface area contributed by atoms with Crippen molar-refractivity contribution >= 4 is 11.9 Å². The average molecular weight is 212 g/mol. The van der Waals surface area contributed by atoms with Crippen LogP contribution >= 0.6 is 0 Å². The zero-order valence-electron chi connectivity index (χ0n) is 8.99. The van der Waals surface area contributed by atoms with Gasteiger partial charge in [-0.15, -0.1) is 0 Å². The van der Waals surface area contributed by atoms with Crippen molar-refractivity contribution in [3.8, 4) is 0 Å². The Morgan fingerprint density at radius 2 is 1.73 bits per heavy atom. The van der Waals surface area contributed by atoms with Crippen molar-refractivity contribution in [1.29, 1.82) is 0 Å². The summed E-state index contributed by atoms with van der Waals surface area (Å²) in [4.78, 5) is 22.6. The highest BCUT2D eigenvalue weighted by Gasteiger charge is 2.57. The van der Waals surface area contributed by atoms with Crippen molar-refractivity contribution in [3.05, 3.63) is 12.2 Å². The highest BCUT2D eigenvalue weighted by Crippen LogP contribution is 2.50. The summed E-state index contributed by atoms with van der Waals surface area (Å²) < 4.78 is 0. The minimum absolute atomic E-state index is 0.280. The van der Waals surface area contributed by atoms with Gasteiger partial charge in [-0.05, 0) is 26.2 Å². The van der Waals surface area contributed by atoms with Gasteiger partial charge in [-0.2, -0.15) is 0 Å². The van der Waals surface area contributed by atoms with Crippen molar-refractivity contribution in [1.82, 2.24) is 0 Å². The first-order valence-corrected chi connectivity index (χ1v) is 5.02. The summed E-state index contributed by atoms with van der Waals surface area (Å²) in [7, 11) is 0. The summed E-state index contributed by atoms with van der Waals surface area (Å²) in [5, 5.41) is 18.5. The first-order chi connectivity index (χ1) is 6.90. The van der Waals surface area contributed by atoms with Gasteiger partial charge >= 0.3 is 11.9 Å². The topological polar surface area (TPSA) is 74.6 Å². The molecule has 4 nitrogen and oxygen atoms in total. The largest absolute Gasteiger partial charge is 0.481 e. The van der Waals surface area contributed by atoms with E-state index in [4.69, 9.17) is 0 Å². The van der Waals surface area contributed by atoms with E-state index in [9.17, 15) is 19.8 Å². The van der Waals surface area contributed by atoms with Gasteiger partial charge in [0.05, 0.1) is 10.8 Å². The number of carbonyl (C=O) groups is 2. The van der Waals surface area contributed by atoms with Gasteiger partial charge in [0.2, 0.25) is 0 Å². The smallest absolute Gasteiger partial charge is 0.311 e. The van der Waals surface area contributed by atoms with Crippen LogP contribution in [0, 0.1) is 10.8 Å². The van der Waals surface area contributed by atoms with Crippen LogP contribution in [0.1, 0.15) is 33.1 Å². The molecule has 0 spiro atoms. The lowest BCUT2D eigenvalue weighted by atomic mass is 9.57. The van der Waals surface area contributed by atoms with Crippen LogP contribution in [0.3, 0.4) is 0 Å². The van der Waals surface area contributed by atoms with Crippen LogP contribution < -0.4 is 0 Å². The van der Waals surface area contributed by atoms with E-state index in [0.29, 0.717) is 12.8 Å². The van der Waals surface area contributed by atoms with Crippen LogP contribution in [-0.4, -0.2) is 22.2 Å². The van der Waals surface area contributed by atoms with Crippen molar-refractivity contribution in [2.75, 3.05) is 0 Å². The van der Waals surface area contributed by atoms with Gasteiger partial charge in [0.25, 0.3) is 0 Å². The number of carboxylic acid groups (broad SMARTS) is 2. The number of aliphatic carboxylic acids is 2.